The van der Waals surface area contributed by atoms with E-state index in [0.29, 0.717) is 6.54 Å². The maximum atomic E-state index is 12.3. The number of rotatable bonds is 4. The minimum atomic E-state index is -0.524. The van der Waals surface area contributed by atoms with Crippen molar-refractivity contribution >= 4 is 24.0 Å². The smallest absolute Gasteiger partial charge is 0.282 e. The molecule has 1 aliphatic carbocycles. The van der Waals surface area contributed by atoms with E-state index in [1.165, 1.54) is 6.07 Å². The van der Waals surface area contributed by atoms with Gasteiger partial charge in [0.05, 0.1) is 4.92 Å². The first-order valence-corrected chi connectivity index (χ1v) is 6.79. The first kappa shape index (κ1) is 17.4. The molecule has 0 aliphatic heterocycles. The van der Waals surface area contributed by atoms with Gasteiger partial charge in [-0.2, -0.15) is 0 Å². The van der Waals surface area contributed by atoms with Gasteiger partial charge < -0.3 is 11.1 Å². The molecule has 7 heteroatoms. The highest BCUT2D eigenvalue weighted by Gasteiger charge is 2.29. The number of amides is 1. The molecule has 2 atom stereocenters. The third-order valence-electron chi connectivity index (χ3n) is 3.87. The van der Waals surface area contributed by atoms with Crippen LogP contribution in [0.25, 0.3) is 0 Å². The summed E-state index contributed by atoms with van der Waals surface area (Å²) in [5.74, 6) is -0.117. The lowest BCUT2D eigenvalue weighted by molar-refractivity contribution is -0.385. The van der Waals surface area contributed by atoms with Gasteiger partial charge in [-0.3, -0.25) is 14.9 Å². The van der Waals surface area contributed by atoms with E-state index in [9.17, 15) is 14.9 Å². The lowest BCUT2D eigenvalue weighted by atomic mass is 10.0. The second kappa shape index (κ2) is 7.38. The van der Waals surface area contributed by atoms with Crippen LogP contribution >= 0.6 is 12.4 Å². The first-order chi connectivity index (χ1) is 9.52. The fraction of sp³-hybridized carbons (Fsp3) is 0.500. The highest BCUT2D eigenvalue weighted by Crippen LogP contribution is 2.26. The summed E-state index contributed by atoms with van der Waals surface area (Å²) in [5.41, 5.74) is 6.47. The molecule has 0 radical (unpaired) electrons. The van der Waals surface area contributed by atoms with Crippen molar-refractivity contribution in [1.82, 2.24) is 5.32 Å². The molecule has 1 saturated carbocycles. The minimum absolute atomic E-state index is 0. The Morgan fingerprint density at radius 2 is 2.19 bits per heavy atom. The monoisotopic (exact) mass is 313 g/mol. The molecule has 1 fully saturated rings. The number of nitro benzene ring substituents is 1. The van der Waals surface area contributed by atoms with Gasteiger partial charge in [-0.25, -0.2) is 0 Å². The average molecular weight is 314 g/mol. The van der Waals surface area contributed by atoms with E-state index in [0.717, 1.165) is 24.8 Å². The second-order valence-electron chi connectivity index (χ2n) is 5.28. The maximum Gasteiger partial charge on any atom is 0.282 e. The van der Waals surface area contributed by atoms with Crippen molar-refractivity contribution in [3.8, 4) is 0 Å². The van der Waals surface area contributed by atoms with Crippen molar-refractivity contribution in [2.24, 2.45) is 11.7 Å². The highest BCUT2D eigenvalue weighted by atomic mass is 35.5. The quantitative estimate of drug-likeness (QED) is 0.657. The standard InChI is InChI=1S/C14H19N3O3.ClH/c1-9-5-6-13(17(19)20)11(7-9)14(18)16-12-4-2-3-10(12)8-15;/h5-7,10,12H,2-4,8,15H2,1H3,(H,16,18);1H. The zero-order chi connectivity index (χ0) is 14.7. The summed E-state index contributed by atoms with van der Waals surface area (Å²) in [4.78, 5) is 22.8. The van der Waals surface area contributed by atoms with Crippen LogP contribution in [0.4, 0.5) is 5.69 Å². The number of nitro groups is 1. The van der Waals surface area contributed by atoms with Gasteiger partial charge in [0, 0.05) is 12.1 Å². The van der Waals surface area contributed by atoms with Crippen LogP contribution in [0.15, 0.2) is 18.2 Å². The molecule has 0 heterocycles. The van der Waals surface area contributed by atoms with Gasteiger partial charge >= 0.3 is 0 Å². The van der Waals surface area contributed by atoms with E-state index in [1.807, 2.05) is 0 Å². The molecule has 1 aromatic rings. The predicted molar refractivity (Wildman–Crippen MR) is 82.7 cm³/mol. The summed E-state index contributed by atoms with van der Waals surface area (Å²) in [6.45, 7) is 2.33. The fourth-order valence-corrected chi connectivity index (χ4v) is 2.75. The average Bonchev–Trinajstić information content (AvgIpc) is 2.85. The van der Waals surface area contributed by atoms with Gasteiger partial charge in [-0.1, -0.05) is 12.5 Å². The number of hydrogen-bond acceptors (Lipinski definition) is 4. The fourth-order valence-electron chi connectivity index (χ4n) is 2.75. The van der Waals surface area contributed by atoms with E-state index in [-0.39, 0.29) is 41.5 Å². The predicted octanol–water partition coefficient (Wildman–Crippen LogP) is 2.18. The molecule has 116 valence electrons. The number of carbonyl (C=O) groups is 1. The SMILES string of the molecule is Cc1ccc([N+](=O)[O-])c(C(=O)NC2CCCC2CN)c1.Cl. The Labute approximate surface area is 129 Å². The number of halogens is 1. The van der Waals surface area contributed by atoms with Crippen LogP contribution in [0.1, 0.15) is 35.2 Å². The van der Waals surface area contributed by atoms with Crippen LogP contribution in [-0.2, 0) is 0 Å². The molecule has 1 aliphatic rings. The van der Waals surface area contributed by atoms with E-state index in [2.05, 4.69) is 5.32 Å². The molecule has 0 aromatic heterocycles. The van der Waals surface area contributed by atoms with E-state index in [4.69, 9.17) is 5.73 Å². The van der Waals surface area contributed by atoms with E-state index in [1.54, 1.807) is 19.1 Å². The molecule has 1 aromatic carbocycles. The third-order valence-corrected chi connectivity index (χ3v) is 3.87. The number of aryl methyl sites for hydroxylation is 1. The third kappa shape index (κ3) is 3.92. The number of hydrogen-bond donors (Lipinski definition) is 2. The van der Waals surface area contributed by atoms with E-state index >= 15 is 0 Å². The van der Waals surface area contributed by atoms with Crippen molar-refractivity contribution in [1.29, 1.82) is 0 Å². The second-order valence-corrected chi connectivity index (χ2v) is 5.28. The lowest BCUT2D eigenvalue weighted by Gasteiger charge is -2.19. The Hall–Kier alpha value is -1.66. The van der Waals surface area contributed by atoms with Crippen LogP contribution in [0.5, 0.6) is 0 Å². The minimum Gasteiger partial charge on any atom is -0.349 e. The summed E-state index contributed by atoms with van der Waals surface area (Å²) < 4.78 is 0. The zero-order valence-electron chi connectivity index (χ0n) is 11.9. The zero-order valence-corrected chi connectivity index (χ0v) is 12.7. The number of nitrogens with one attached hydrogen (secondary N) is 1. The first-order valence-electron chi connectivity index (χ1n) is 6.79. The van der Waals surface area contributed by atoms with Crippen LogP contribution in [0.2, 0.25) is 0 Å². The molecule has 2 rings (SSSR count). The van der Waals surface area contributed by atoms with Crippen LogP contribution in [0, 0.1) is 23.0 Å². The van der Waals surface area contributed by atoms with Crippen molar-refractivity contribution in [3.63, 3.8) is 0 Å². The van der Waals surface area contributed by atoms with Gasteiger partial charge in [0.15, 0.2) is 0 Å². The van der Waals surface area contributed by atoms with Gasteiger partial charge in [-0.15, -0.1) is 12.4 Å². The van der Waals surface area contributed by atoms with Gasteiger partial charge in [0.1, 0.15) is 5.56 Å². The number of benzene rings is 1. The summed E-state index contributed by atoms with van der Waals surface area (Å²) in [5, 5.41) is 13.9. The summed E-state index contributed by atoms with van der Waals surface area (Å²) in [6, 6.07) is 4.58. The van der Waals surface area contributed by atoms with Crippen LogP contribution in [0.3, 0.4) is 0 Å². The van der Waals surface area contributed by atoms with Crippen LogP contribution < -0.4 is 11.1 Å². The Morgan fingerprint density at radius 3 is 2.81 bits per heavy atom. The Bertz CT molecular complexity index is 536. The van der Waals surface area contributed by atoms with Crippen molar-refractivity contribution < 1.29 is 9.72 Å². The Balaban J connectivity index is 0.00000220. The van der Waals surface area contributed by atoms with Gasteiger partial charge in [0.25, 0.3) is 11.6 Å². The molecule has 2 unspecified atom stereocenters. The molecule has 0 spiro atoms. The van der Waals surface area contributed by atoms with Gasteiger partial charge in [0.2, 0.25) is 0 Å². The van der Waals surface area contributed by atoms with Crippen molar-refractivity contribution in [2.75, 3.05) is 6.54 Å². The van der Waals surface area contributed by atoms with E-state index < -0.39 is 4.92 Å². The molecule has 3 N–H and O–H groups in total. The molecule has 1 amide bonds. The van der Waals surface area contributed by atoms with Crippen LogP contribution in [-0.4, -0.2) is 23.4 Å². The van der Waals surface area contributed by atoms with Crippen molar-refractivity contribution in [2.45, 2.75) is 32.2 Å². The summed E-state index contributed by atoms with van der Waals surface area (Å²) in [6.07, 6.45) is 2.91. The van der Waals surface area contributed by atoms with Crippen molar-refractivity contribution in [3.05, 3.63) is 39.4 Å². The molecular formula is C14H20ClN3O3. The highest BCUT2D eigenvalue weighted by molar-refractivity contribution is 5.98. The molecule has 0 bridgehead atoms. The molecule has 0 saturated heterocycles. The normalized spacial score (nSPS) is 20.7. The lowest BCUT2D eigenvalue weighted by Crippen LogP contribution is -2.40. The molecule has 21 heavy (non-hydrogen) atoms. The number of nitrogens with zero attached hydrogens (tertiary/aromatic N) is 1. The Morgan fingerprint density at radius 1 is 1.48 bits per heavy atom. The Kier molecular flexibility index (Phi) is 6.11. The molecule has 6 nitrogen and oxygen atoms in total. The number of nitrogens with two attached hydrogens (primary N) is 1. The number of carbonyl (C=O) groups excluding carboxylic acids is 1. The summed E-state index contributed by atoms with van der Waals surface area (Å²) >= 11 is 0. The summed E-state index contributed by atoms with van der Waals surface area (Å²) in [7, 11) is 0. The largest absolute Gasteiger partial charge is 0.349 e. The van der Waals surface area contributed by atoms with Gasteiger partial charge in [-0.05, 0) is 43.9 Å². The topological polar surface area (TPSA) is 98.3 Å². The molecular weight excluding hydrogens is 294 g/mol. The maximum absolute atomic E-state index is 12.3.